The minimum atomic E-state index is -0.450. The molecular formula is C14H26N2O5. The summed E-state index contributed by atoms with van der Waals surface area (Å²) in [5.41, 5.74) is 5.28. The van der Waals surface area contributed by atoms with Crippen LogP contribution in [0.1, 0.15) is 32.1 Å². The number of carbonyl (C=O) groups is 2. The first-order valence-electron chi connectivity index (χ1n) is 7.55. The van der Waals surface area contributed by atoms with Crippen molar-refractivity contribution in [3.8, 4) is 0 Å². The largest absolute Gasteiger partial charge is 0.464 e. The Labute approximate surface area is 125 Å². The Hall–Kier alpha value is -1.18. The summed E-state index contributed by atoms with van der Waals surface area (Å²) in [5.74, 6) is -0.413. The van der Waals surface area contributed by atoms with E-state index in [2.05, 4.69) is 5.32 Å². The molecule has 0 unspecified atom stereocenters. The highest BCUT2D eigenvalue weighted by molar-refractivity contribution is 5.85. The molecule has 0 saturated carbocycles. The van der Waals surface area contributed by atoms with Crippen molar-refractivity contribution in [2.24, 2.45) is 5.73 Å². The monoisotopic (exact) mass is 302 g/mol. The molecule has 0 radical (unpaired) electrons. The van der Waals surface area contributed by atoms with Gasteiger partial charge in [0.15, 0.2) is 0 Å². The number of unbranched alkanes of at least 4 members (excludes halogenated alkanes) is 2. The van der Waals surface area contributed by atoms with Gasteiger partial charge in [-0.3, -0.25) is 4.79 Å². The van der Waals surface area contributed by atoms with Gasteiger partial charge in [0.2, 0.25) is 5.91 Å². The number of nitrogens with one attached hydrogen (secondary N) is 1. The Morgan fingerprint density at radius 1 is 1.19 bits per heavy atom. The number of hydrogen-bond acceptors (Lipinski definition) is 6. The fraction of sp³-hybridized carbons (Fsp3) is 0.857. The lowest BCUT2D eigenvalue weighted by Gasteiger charge is -2.08. The highest BCUT2D eigenvalue weighted by Gasteiger charge is 2.27. The highest BCUT2D eigenvalue weighted by Crippen LogP contribution is 2.07. The molecule has 1 rings (SSSR count). The quantitative estimate of drug-likeness (QED) is 0.388. The zero-order valence-corrected chi connectivity index (χ0v) is 12.5. The third-order valence-corrected chi connectivity index (χ3v) is 3.10. The van der Waals surface area contributed by atoms with Crippen LogP contribution in [-0.4, -0.2) is 57.5 Å². The van der Waals surface area contributed by atoms with Crippen LogP contribution in [0.3, 0.4) is 0 Å². The van der Waals surface area contributed by atoms with Crippen molar-refractivity contribution in [1.29, 1.82) is 0 Å². The number of carbonyl (C=O) groups excluding carboxylic acids is 2. The lowest BCUT2D eigenvalue weighted by molar-refractivity contribution is -0.141. The van der Waals surface area contributed by atoms with Crippen LogP contribution >= 0.6 is 0 Å². The van der Waals surface area contributed by atoms with Gasteiger partial charge >= 0.3 is 5.97 Å². The van der Waals surface area contributed by atoms with Crippen molar-refractivity contribution in [2.75, 3.05) is 39.6 Å². The number of esters is 1. The molecular weight excluding hydrogens is 276 g/mol. The molecule has 0 bridgehead atoms. The molecule has 21 heavy (non-hydrogen) atoms. The van der Waals surface area contributed by atoms with Gasteiger partial charge < -0.3 is 25.3 Å². The Morgan fingerprint density at radius 3 is 2.62 bits per heavy atom. The second kappa shape index (κ2) is 11.5. The van der Waals surface area contributed by atoms with Crippen LogP contribution < -0.4 is 11.1 Å². The van der Waals surface area contributed by atoms with E-state index in [4.69, 9.17) is 19.9 Å². The predicted octanol–water partition coefficient (Wildman–Crippen LogP) is -0.0296. The summed E-state index contributed by atoms with van der Waals surface area (Å²) in [7, 11) is 0. The molecule has 3 N–H and O–H groups in total. The normalized spacial score (nSPS) is 17.8. The zero-order valence-electron chi connectivity index (χ0n) is 12.5. The molecule has 0 aromatic rings. The van der Waals surface area contributed by atoms with Gasteiger partial charge in [0.25, 0.3) is 0 Å². The maximum absolute atomic E-state index is 11.6. The SMILES string of the molecule is NCCOCCOCCCCCC(=O)N[C@H]1CCOC1=O. The van der Waals surface area contributed by atoms with Crippen LogP contribution in [-0.2, 0) is 23.8 Å². The van der Waals surface area contributed by atoms with Crippen LogP contribution in [0.25, 0.3) is 0 Å². The minimum Gasteiger partial charge on any atom is -0.464 e. The molecule has 1 heterocycles. The van der Waals surface area contributed by atoms with Gasteiger partial charge in [-0.15, -0.1) is 0 Å². The van der Waals surface area contributed by atoms with Gasteiger partial charge in [0, 0.05) is 26.0 Å². The maximum atomic E-state index is 11.6. The lowest BCUT2D eigenvalue weighted by Crippen LogP contribution is -2.37. The van der Waals surface area contributed by atoms with E-state index in [0.717, 1.165) is 19.3 Å². The van der Waals surface area contributed by atoms with E-state index in [1.54, 1.807) is 0 Å². The van der Waals surface area contributed by atoms with E-state index in [1.165, 1.54) is 0 Å². The van der Waals surface area contributed by atoms with Gasteiger partial charge in [-0.2, -0.15) is 0 Å². The van der Waals surface area contributed by atoms with Gasteiger partial charge in [0.05, 0.1) is 26.4 Å². The smallest absolute Gasteiger partial charge is 0.328 e. The summed E-state index contributed by atoms with van der Waals surface area (Å²) in [6, 6.07) is -0.450. The van der Waals surface area contributed by atoms with Crippen LogP contribution in [0.2, 0.25) is 0 Å². The molecule has 7 heteroatoms. The average Bonchev–Trinajstić information content (AvgIpc) is 2.86. The van der Waals surface area contributed by atoms with E-state index < -0.39 is 6.04 Å². The number of nitrogens with two attached hydrogens (primary N) is 1. The minimum absolute atomic E-state index is 0.0880. The molecule has 1 atom stereocenters. The summed E-state index contributed by atoms with van der Waals surface area (Å²) in [5, 5.41) is 2.69. The van der Waals surface area contributed by atoms with Gasteiger partial charge in [-0.05, 0) is 12.8 Å². The van der Waals surface area contributed by atoms with Crippen molar-refractivity contribution in [3.05, 3.63) is 0 Å². The maximum Gasteiger partial charge on any atom is 0.328 e. The molecule has 1 aliphatic rings. The number of rotatable bonds is 12. The van der Waals surface area contributed by atoms with Crippen LogP contribution in [0.5, 0.6) is 0 Å². The van der Waals surface area contributed by atoms with Crippen molar-refractivity contribution in [2.45, 2.75) is 38.1 Å². The first-order chi connectivity index (χ1) is 10.2. The second-order valence-corrected chi connectivity index (χ2v) is 4.90. The van der Waals surface area contributed by atoms with Crippen LogP contribution in [0.4, 0.5) is 0 Å². The van der Waals surface area contributed by atoms with Crippen molar-refractivity contribution in [3.63, 3.8) is 0 Å². The summed E-state index contributed by atoms with van der Waals surface area (Å²) in [6.45, 7) is 3.30. The van der Waals surface area contributed by atoms with Gasteiger partial charge in [-0.1, -0.05) is 6.42 Å². The third-order valence-electron chi connectivity index (χ3n) is 3.10. The van der Waals surface area contributed by atoms with Gasteiger partial charge in [0.1, 0.15) is 6.04 Å². The Bertz CT molecular complexity index is 312. The fourth-order valence-corrected chi connectivity index (χ4v) is 1.97. The Balaban J connectivity index is 1.85. The average molecular weight is 302 g/mol. The number of cyclic esters (lactones) is 1. The summed E-state index contributed by atoms with van der Waals surface area (Å²) >= 11 is 0. The first kappa shape index (κ1) is 17.9. The molecule has 0 aromatic carbocycles. The Morgan fingerprint density at radius 2 is 1.95 bits per heavy atom. The van der Waals surface area contributed by atoms with E-state index >= 15 is 0 Å². The van der Waals surface area contributed by atoms with E-state index in [9.17, 15) is 9.59 Å². The molecule has 122 valence electrons. The molecule has 1 saturated heterocycles. The first-order valence-corrected chi connectivity index (χ1v) is 7.55. The lowest BCUT2D eigenvalue weighted by atomic mass is 10.1. The van der Waals surface area contributed by atoms with Crippen LogP contribution in [0, 0.1) is 0 Å². The van der Waals surface area contributed by atoms with Crippen molar-refractivity contribution >= 4 is 11.9 Å². The summed E-state index contributed by atoms with van der Waals surface area (Å²) in [6.07, 6.45) is 3.64. The molecule has 0 aliphatic carbocycles. The molecule has 1 aliphatic heterocycles. The Kier molecular flexibility index (Phi) is 9.77. The summed E-state index contributed by atoms with van der Waals surface area (Å²) < 4.78 is 15.3. The molecule has 0 aromatic heterocycles. The zero-order chi connectivity index (χ0) is 15.3. The van der Waals surface area contributed by atoms with E-state index in [0.29, 0.717) is 52.4 Å². The van der Waals surface area contributed by atoms with E-state index in [1.807, 2.05) is 0 Å². The third kappa shape index (κ3) is 8.64. The second-order valence-electron chi connectivity index (χ2n) is 4.90. The molecule has 0 spiro atoms. The standard InChI is InChI=1S/C14H26N2O5/c15-6-9-20-11-10-19-7-3-1-2-4-13(17)16-12-5-8-21-14(12)18/h12H,1-11,15H2,(H,16,17)/t12-/m0/s1. The predicted molar refractivity (Wildman–Crippen MR) is 76.7 cm³/mol. The number of hydrogen-bond donors (Lipinski definition) is 2. The van der Waals surface area contributed by atoms with Crippen molar-refractivity contribution < 1.29 is 23.8 Å². The fourth-order valence-electron chi connectivity index (χ4n) is 1.97. The molecule has 1 amide bonds. The molecule has 1 fully saturated rings. The number of amides is 1. The topological polar surface area (TPSA) is 99.9 Å². The summed E-state index contributed by atoms with van der Waals surface area (Å²) in [4.78, 5) is 22.8. The van der Waals surface area contributed by atoms with Crippen molar-refractivity contribution in [1.82, 2.24) is 5.32 Å². The van der Waals surface area contributed by atoms with E-state index in [-0.39, 0.29) is 11.9 Å². The molecule has 7 nitrogen and oxygen atoms in total. The van der Waals surface area contributed by atoms with Gasteiger partial charge in [-0.25, -0.2) is 4.79 Å². The number of ether oxygens (including phenoxy) is 3. The highest BCUT2D eigenvalue weighted by atomic mass is 16.5. The van der Waals surface area contributed by atoms with Crippen LogP contribution in [0.15, 0.2) is 0 Å².